The smallest absolute Gasteiger partial charge is 0.330 e. The number of nitrogens with zero attached hydrogens (tertiary/aromatic N) is 3. The molecule has 1 N–H and O–H groups in total. The highest BCUT2D eigenvalue weighted by molar-refractivity contribution is 5.77. The van der Waals surface area contributed by atoms with Crippen molar-refractivity contribution in [1.29, 1.82) is 0 Å². The third-order valence-electron chi connectivity index (χ3n) is 4.24. The Hall–Kier alpha value is -1.93. The molecule has 128 valence electrons. The van der Waals surface area contributed by atoms with Crippen LogP contribution in [-0.4, -0.2) is 52.8 Å². The maximum Gasteiger partial charge on any atom is 0.330 e. The van der Waals surface area contributed by atoms with E-state index < -0.39 is 0 Å². The molecule has 8 nitrogen and oxygen atoms in total. The molecule has 0 aliphatic carbocycles. The van der Waals surface area contributed by atoms with E-state index in [2.05, 4.69) is 10.2 Å². The van der Waals surface area contributed by atoms with Crippen LogP contribution in [0.3, 0.4) is 0 Å². The van der Waals surface area contributed by atoms with E-state index in [1.807, 2.05) is 0 Å². The number of rotatable bonds is 5. The van der Waals surface area contributed by atoms with Gasteiger partial charge in [0.1, 0.15) is 6.61 Å². The fourth-order valence-corrected chi connectivity index (χ4v) is 2.79. The molecule has 8 heteroatoms. The zero-order valence-corrected chi connectivity index (χ0v) is 13.9. The van der Waals surface area contributed by atoms with Gasteiger partial charge in [0.2, 0.25) is 5.91 Å². The maximum absolute atomic E-state index is 11.9. The van der Waals surface area contributed by atoms with Crippen molar-refractivity contribution in [2.24, 2.45) is 14.1 Å². The van der Waals surface area contributed by atoms with Gasteiger partial charge in [-0.15, -0.1) is 0 Å². The SMILES string of the molecule is COCC(=O)NC1CCN(Cc2cc(=O)n(C)c(=O)n2C)CC1. The summed E-state index contributed by atoms with van der Waals surface area (Å²) < 4.78 is 7.41. The molecule has 0 atom stereocenters. The van der Waals surface area contributed by atoms with Gasteiger partial charge in [0.05, 0.1) is 0 Å². The van der Waals surface area contributed by atoms with Crippen molar-refractivity contribution < 1.29 is 9.53 Å². The molecule has 1 saturated heterocycles. The highest BCUT2D eigenvalue weighted by atomic mass is 16.5. The number of hydrogen-bond acceptors (Lipinski definition) is 5. The lowest BCUT2D eigenvalue weighted by molar-refractivity contribution is -0.125. The Morgan fingerprint density at radius 1 is 1.26 bits per heavy atom. The van der Waals surface area contributed by atoms with Crippen molar-refractivity contribution >= 4 is 5.91 Å². The van der Waals surface area contributed by atoms with Gasteiger partial charge < -0.3 is 10.1 Å². The fraction of sp³-hybridized carbons (Fsp3) is 0.667. The Balaban J connectivity index is 1.94. The van der Waals surface area contributed by atoms with E-state index in [0.717, 1.165) is 30.5 Å². The first-order valence-corrected chi connectivity index (χ1v) is 7.69. The zero-order chi connectivity index (χ0) is 17.0. The molecule has 1 amide bonds. The Morgan fingerprint density at radius 3 is 2.52 bits per heavy atom. The summed E-state index contributed by atoms with van der Waals surface area (Å²) in [5.74, 6) is -0.0973. The highest BCUT2D eigenvalue weighted by Crippen LogP contribution is 2.12. The van der Waals surface area contributed by atoms with E-state index >= 15 is 0 Å². The summed E-state index contributed by atoms with van der Waals surface area (Å²) in [4.78, 5) is 37.4. The van der Waals surface area contributed by atoms with Gasteiger partial charge in [0, 0.05) is 58.6 Å². The second-order valence-electron chi connectivity index (χ2n) is 5.93. The van der Waals surface area contributed by atoms with Gasteiger partial charge in [0.25, 0.3) is 5.56 Å². The molecule has 0 saturated carbocycles. The van der Waals surface area contributed by atoms with Crippen molar-refractivity contribution in [1.82, 2.24) is 19.4 Å². The molecule has 0 radical (unpaired) electrons. The summed E-state index contributed by atoms with van der Waals surface area (Å²) >= 11 is 0. The number of piperidine rings is 1. The quantitative estimate of drug-likeness (QED) is 0.736. The number of amides is 1. The van der Waals surface area contributed by atoms with Crippen LogP contribution in [0.2, 0.25) is 0 Å². The topological polar surface area (TPSA) is 85.6 Å². The Labute approximate surface area is 134 Å². The number of ether oxygens (including phenoxy) is 1. The zero-order valence-electron chi connectivity index (χ0n) is 13.9. The standard InChI is InChI=1S/C15H24N4O4/c1-17-12(8-14(21)18(2)15(17)22)9-19-6-4-11(5-7-19)16-13(20)10-23-3/h8,11H,4-7,9-10H2,1-3H3,(H,16,20). The summed E-state index contributed by atoms with van der Waals surface area (Å²) in [5.41, 5.74) is 0.110. The van der Waals surface area contributed by atoms with E-state index in [4.69, 9.17) is 4.74 Å². The molecule has 2 rings (SSSR count). The monoisotopic (exact) mass is 324 g/mol. The van der Waals surface area contributed by atoms with Crippen LogP contribution in [0, 0.1) is 0 Å². The van der Waals surface area contributed by atoms with Crippen LogP contribution in [0.4, 0.5) is 0 Å². The van der Waals surface area contributed by atoms with Crippen molar-refractivity contribution in [2.75, 3.05) is 26.8 Å². The molecule has 1 aliphatic rings. The van der Waals surface area contributed by atoms with Gasteiger partial charge in [0.15, 0.2) is 0 Å². The first kappa shape index (κ1) is 17.4. The normalized spacial score (nSPS) is 16.5. The summed E-state index contributed by atoms with van der Waals surface area (Å²) in [6, 6.07) is 1.66. The Bertz CT molecular complexity index is 671. The van der Waals surface area contributed by atoms with Gasteiger partial charge in [-0.3, -0.25) is 23.6 Å². The van der Waals surface area contributed by atoms with E-state index in [1.54, 1.807) is 7.05 Å². The third kappa shape index (κ3) is 4.29. The summed E-state index contributed by atoms with van der Waals surface area (Å²) in [5, 5.41) is 2.94. The van der Waals surface area contributed by atoms with Gasteiger partial charge in [-0.2, -0.15) is 0 Å². The molecule has 0 bridgehead atoms. The molecule has 1 aromatic heterocycles. The number of likely N-dealkylation sites (tertiary alicyclic amines) is 1. The molecule has 1 aromatic rings. The molecular formula is C15H24N4O4. The molecule has 0 unspecified atom stereocenters. The van der Waals surface area contributed by atoms with Crippen LogP contribution in [0.25, 0.3) is 0 Å². The van der Waals surface area contributed by atoms with Crippen LogP contribution < -0.4 is 16.6 Å². The van der Waals surface area contributed by atoms with Gasteiger partial charge in [-0.05, 0) is 12.8 Å². The Kier molecular flexibility index (Phi) is 5.73. The summed E-state index contributed by atoms with van der Waals surface area (Å²) in [6.07, 6.45) is 1.68. The van der Waals surface area contributed by atoms with Crippen LogP contribution in [0.1, 0.15) is 18.5 Å². The first-order valence-electron chi connectivity index (χ1n) is 7.69. The largest absolute Gasteiger partial charge is 0.375 e. The van der Waals surface area contributed by atoms with Crippen molar-refractivity contribution in [3.63, 3.8) is 0 Å². The second-order valence-corrected chi connectivity index (χ2v) is 5.93. The lowest BCUT2D eigenvalue weighted by Crippen LogP contribution is -2.46. The average molecular weight is 324 g/mol. The first-order chi connectivity index (χ1) is 10.9. The number of nitrogens with one attached hydrogen (secondary N) is 1. The predicted molar refractivity (Wildman–Crippen MR) is 85.2 cm³/mol. The van der Waals surface area contributed by atoms with Crippen molar-refractivity contribution in [3.8, 4) is 0 Å². The van der Waals surface area contributed by atoms with Crippen LogP contribution in [-0.2, 0) is 30.2 Å². The Morgan fingerprint density at radius 2 is 1.91 bits per heavy atom. The van der Waals surface area contributed by atoms with Gasteiger partial charge in [-0.25, -0.2) is 4.79 Å². The molecule has 1 fully saturated rings. The number of aromatic nitrogens is 2. The predicted octanol–water partition coefficient (Wildman–Crippen LogP) is -1.19. The number of carbonyl (C=O) groups excluding carboxylic acids is 1. The molecule has 0 aromatic carbocycles. The number of carbonyl (C=O) groups is 1. The van der Waals surface area contributed by atoms with Crippen LogP contribution in [0.5, 0.6) is 0 Å². The lowest BCUT2D eigenvalue weighted by Gasteiger charge is -2.32. The minimum absolute atomic E-state index is 0.0790. The van der Waals surface area contributed by atoms with E-state index in [0.29, 0.717) is 12.2 Å². The van der Waals surface area contributed by atoms with Crippen LogP contribution in [0.15, 0.2) is 15.7 Å². The molecular weight excluding hydrogens is 300 g/mol. The van der Waals surface area contributed by atoms with E-state index in [9.17, 15) is 14.4 Å². The summed E-state index contributed by atoms with van der Waals surface area (Å²) in [6.45, 7) is 2.25. The van der Waals surface area contributed by atoms with E-state index in [1.165, 1.54) is 24.8 Å². The number of methoxy groups -OCH3 is 1. The van der Waals surface area contributed by atoms with Crippen molar-refractivity contribution in [3.05, 3.63) is 32.6 Å². The molecule has 0 spiro atoms. The second kappa shape index (κ2) is 7.56. The van der Waals surface area contributed by atoms with Gasteiger partial charge >= 0.3 is 5.69 Å². The van der Waals surface area contributed by atoms with E-state index in [-0.39, 0.29) is 29.8 Å². The summed E-state index contributed by atoms with van der Waals surface area (Å²) in [7, 11) is 4.65. The third-order valence-corrected chi connectivity index (χ3v) is 4.24. The average Bonchev–Trinajstić information content (AvgIpc) is 2.52. The molecule has 23 heavy (non-hydrogen) atoms. The minimum atomic E-state index is -0.311. The molecule has 1 aliphatic heterocycles. The van der Waals surface area contributed by atoms with Crippen molar-refractivity contribution in [2.45, 2.75) is 25.4 Å². The lowest BCUT2D eigenvalue weighted by atomic mass is 10.0. The van der Waals surface area contributed by atoms with Gasteiger partial charge in [-0.1, -0.05) is 0 Å². The maximum atomic E-state index is 11.9. The van der Waals surface area contributed by atoms with Crippen LogP contribution >= 0.6 is 0 Å². The number of hydrogen-bond donors (Lipinski definition) is 1. The molecule has 2 heterocycles. The highest BCUT2D eigenvalue weighted by Gasteiger charge is 2.21. The minimum Gasteiger partial charge on any atom is -0.375 e. The fourth-order valence-electron chi connectivity index (χ4n) is 2.79.